The first-order valence-electron chi connectivity index (χ1n) is 11.8. The van der Waals surface area contributed by atoms with Crippen molar-refractivity contribution >= 4 is 27.6 Å². The predicted molar refractivity (Wildman–Crippen MR) is 143 cm³/mol. The van der Waals surface area contributed by atoms with Gasteiger partial charge in [-0.1, -0.05) is 71.2 Å². The summed E-state index contributed by atoms with van der Waals surface area (Å²) in [6.45, 7) is 1.61. The van der Waals surface area contributed by atoms with Crippen LogP contribution < -0.4 is 14.6 Å². The van der Waals surface area contributed by atoms with E-state index in [-0.39, 0.29) is 17.1 Å². The summed E-state index contributed by atoms with van der Waals surface area (Å²) in [5, 5.41) is 2.57. The number of carbonyl (C=O) groups is 2. The molecular weight excluding hydrogens is 504 g/mol. The Morgan fingerprint density at radius 3 is 1.95 bits per heavy atom. The number of carbonyl (C=O) groups excluding carboxylic acids is 2. The molecule has 0 aliphatic rings. The van der Waals surface area contributed by atoms with Crippen LogP contribution in [-0.4, -0.2) is 26.3 Å². The van der Waals surface area contributed by atoms with Crippen molar-refractivity contribution in [3.05, 3.63) is 126 Å². The molecule has 4 aromatic carbocycles. The van der Waals surface area contributed by atoms with Crippen LogP contribution >= 0.6 is 0 Å². The summed E-state index contributed by atoms with van der Waals surface area (Å²) in [5.74, 6) is -0.791. The van der Waals surface area contributed by atoms with Gasteiger partial charge >= 0.3 is 5.97 Å². The Morgan fingerprint density at radius 1 is 0.789 bits per heavy atom. The van der Waals surface area contributed by atoms with Crippen LogP contribution in [0.4, 0.5) is 5.69 Å². The Morgan fingerprint density at radius 2 is 1.34 bits per heavy atom. The quantitative estimate of drug-likeness (QED) is 0.235. The topological polar surface area (TPSA) is 102 Å². The van der Waals surface area contributed by atoms with Crippen molar-refractivity contribution in [3.8, 4) is 5.75 Å². The minimum Gasteiger partial charge on any atom is -0.459 e. The minimum absolute atomic E-state index is 0.0795. The van der Waals surface area contributed by atoms with Crippen molar-refractivity contribution in [2.75, 3.05) is 4.47 Å². The van der Waals surface area contributed by atoms with Crippen LogP contribution in [0.1, 0.15) is 22.8 Å². The third-order valence-electron chi connectivity index (χ3n) is 5.46. The number of para-hydroxylation sites is 2. The number of hydrogen-bond donors (Lipinski definition) is 1. The fraction of sp³-hybridized carbons (Fsp3) is 0.103. The molecule has 0 aliphatic heterocycles. The molecule has 9 heteroatoms. The Balaban J connectivity index is 1.45. The molecule has 194 valence electrons. The first-order valence-corrected chi connectivity index (χ1v) is 13.2. The molecule has 4 rings (SSSR count). The van der Waals surface area contributed by atoms with Gasteiger partial charge in [0.15, 0.2) is 5.75 Å². The summed E-state index contributed by atoms with van der Waals surface area (Å²) >= 11 is 0. The molecule has 0 fully saturated rings. The molecule has 1 N–H and O–H groups in total. The van der Waals surface area contributed by atoms with Gasteiger partial charge in [0, 0.05) is 5.56 Å². The predicted octanol–water partition coefficient (Wildman–Crippen LogP) is 4.74. The standard InChI is InChI=1S/C29H26N2O6S/c1-22(29(33)36-21-23-11-5-2-6-12-23)30-28(32)24-17-19-27(20-18-24)38(34,35)31(25-13-7-3-8-14-25)37-26-15-9-4-10-16-26/h2-20,22H,21H2,1H3,(H,30,32). The number of nitrogens with zero attached hydrogens (tertiary/aromatic N) is 1. The van der Waals surface area contributed by atoms with Crippen molar-refractivity contribution in [2.24, 2.45) is 0 Å². The molecule has 4 aromatic rings. The number of hydrogen-bond acceptors (Lipinski definition) is 6. The molecule has 1 unspecified atom stereocenters. The van der Waals surface area contributed by atoms with E-state index in [1.54, 1.807) is 60.7 Å². The van der Waals surface area contributed by atoms with E-state index in [0.29, 0.717) is 11.4 Å². The molecular formula is C29H26N2O6S. The Hall–Kier alpha value is -4.63. The third-order valence-corrected chi connectivity index (χ3v) is 7.05. The molecule has 38 heavy (non-hydrogen) atoms. The van der Waals surface area contributed by atoms with Gasteiger partial charge in [-0.05, 0) is 61.0 Å². The number of rotatable bonds is 10. The number of ether oxygens (including phenoxy) is 1. The maximum atomic E-state index is 13.5. The lowest BCUT2D eigenvalue weighted by Crippen LogP contribution is -2.39. The monoisotopic (exact) mass is 530 g/mol. The lowest BCUT2D eigenvalue weighted by atomic mass is 10.2. The molecule has 0 aliphatic carbocycles. The van der Waals surface area contributed by atoms with E-state index in [1.807, 2.05) is 30.3 Å². The maximum absolute atomic E-state index is 13.5. The summed E-state index contributed by atoms with van der Waals surface area (Å²) in [7, 11) is -4.16. The van der Waals surface area contributed by atoms with Gasteiger partial charge in [0.2, 0.25) is 0 Å². The van der Waals surface area contributed by atoms with Gasteiger partial charge in [0.25, 0.3) is 15.9 Å². The fourth-order valence-corrected chi connectivity index (χ4v) is 4.69. The first-order chi connectivity index (χ1) is 18.3. The Labute approximate surface area is 221 Å². The van der Waals surface area contributed by atoms with Gasteiger partial charge in [-0.3, -0.25) is 4.79 Å². The first kappa shape index (κ1) is 26.4. The van der Waals surface area contributed by atoms with Crippen LogP contribution in [0.2, 0.25) is 0 Å². The molecule has 0 heterocycles. The largest absolute Gasteiger partial charge is 0.459 e. The molecule has 0 aromatic heterocycles. The van der Waals surface area contributed by atoms with Crippen LogP contribution in [-0.2, 0) is 26.2 Å². The van der Waals surface area contributed by atoms with Gasteiger partial charge in [0.1, 0.15) is 12.6 Å². The van der Waals surface area contributed by atoms with Crippen LogP contribution in [0.5, 0.6) is 5.75 Å². The molecule has 0 saturated carbocycles. The van der Waals surface area contributed by atoms with E-state index in [9.17, 15) is 18.0 Å². The SMILES string of the molecule is CC(NC(=O)c1ccc(S(=O)(=O)N(Oc2ccccc2)c2ccccc2)cc1)C(=O)OCc1ccccc1. The summed E-state index contributed by atoms with van der Waals surface area (Å²) in [6, 6.07) is 30.6. The summed E-state index contributed by atoms with van der Waals surface area (Å²) in [5.41, 5.74) is 1.32. The van der Waals surface area contributed by atoms with E-state index in [0.717, 1.165) is 10.0 Å². The Bertz CT molecular complexity index is 1460. The van der Waals surface area contributed by atoms with Crippen LogP contribution in [0.3, 0.4) is 0 Å². The zero-order valence-electron chi connectivity index (χ0n) is 20.6. The van der Waals surface area contributed by atoms with E-state index < -0.39 is 27.9 Å². The number of esters is 1. The van der Waals surface area contributed by atoms with Gasteiger partial charge in [-0.2, -0.15) is 8.42 Å². The highest BCUT2D eigenvalue weighted by Crippen LogP contribution is 2.26. The normalized spacial score (nSPS) is 11.7. The second-order valence-corrected chi connectivity index (χ2v) is 10.0. The number of anilines is 1. The maximum Gasteiger partial charge on any atom is 0.328 e. The minimum atomic E-state index is -4.16. The lowest BCUT2D eigenvalue weighted by Gasteiger charge is -2.24. The van der Waals surface area contributed by atoms with Gasteiger partial charge in [-0.15, -0.1) is 0 Å². The zero-order chi connectivity index (χ0) is 27.0. The average molecular weight is 531 g/mol. The van der Waals surface area contributed by atoms with E-state index in [1.165, 1.54) is 31.2 Å². The van der Waals surface area contributed by atoms with E-state index in [2.05, 4.69) is 5.32 Å². The highest BCUT2D eigenvalue weighted by atomic mass is 32.2. The van der Waals surface area contributed by atoms with E-state index in [4.69, 9.17) is 9.57 Å². The Kier molecular flexibility index (Phi) is 8.40. The highest BCUT2D eigenvalue weighted by molar-refractivity contribution is 7.92. The molecule has 8 nitrogen and oxygen atoms in total. The van der Waals surface area contributed by atoms with Crippen molar-refractivity contribution < 1.29 is 27.6 Å². The number of benzene rings is 4. The number of amides is 1. The van der Waals surface area contributed by atoms with Crippen molar-refractivity contribution in [1.29, 1.82) is 0 Å². The molecule has 0 saturated heterocycles. The molecule has 0 radical (unpaired) electrons. The van der Waals surface area contributed by atoms with Crippen molar-refractivity contribution in [3.63, 3.8) is 0 Å². The summed E-state index contributed by atoms with van der Waals surface area (Å²) in [4.78, 5) is 30.6. The van der Waals surface area contributed by atoms with Crippen LogP contribution in [0.15, 0.2) is 120 Å². The molecule has 0 spiro atoms. The summed E-state index contributed by atoms with van der Waals surface area (Å²) < 4.78 is 33.1. The lowest BCUT2D eigenvalue weighted by molar-refractivity contribution is -0.146. The van der Waals surface area contributed by atoms with Crippen molar-refractivity contribution in [1.82, 2.24) is 5.32 Å². The number of nitrogens with one attached hydrogen (secondary N) is 1. The van der Waals surface area contributed by atoms with Crippen LogP contribution in [0.25, 0.3) is 0 Å². The van der Waals surface area contributed by atoms with E-state index >= 15 is 0 Å². The molecule has 1 amide bonds. The van der Waals surface area contributed by atoms with Gasteiger partial charge in [-0.25, -0.2) is 4.79 Å². The highest BCUT2D eigenvalue weighted by Gasteiger charge is 2.28. The van der Waals surface area contributed by atoms with Crippen molar-refractivity contribution in [2.45, 2.75) is 24.5 Å². The number of sulfonamides is 1. The second-order valence-electron chi connectivity index (χ2n) is 8.28. The van der Waals surface area contributed by atoms with Crippen LogP contribution in [0, 0.1) is 0 Å². The summed E-state index contributed by atoms with van der Waals surface area (Å²) in [6.07, 6.45) is 0. The molecule has 0 bridgehead atoms. The van der Waals surface area contributed by atoms with Gasteiger partial charge in [0.05, 0.1) is 10.6 Å². The third kappa shape index (κ3) is 6.57. The van der Waals surface area contributed by atoms with Gasteiger partial charge < -0.3 is 14.9 Å². The second kappa shape index (κ2) is 12.1. The smallest absolute Gasteiger partial charge is 0.328 e. The zero-order valence-corrected chi connectivity index (χ0v) is 21.4. The average Bonchev–Trinajstić information content (AvgIpc) is 2.96. The molecule has 1 atom stereocenters. The fourth-order valence-electron chi connectivity index (χ4n) is 3.43.